The Morgan fingerprint density at radius 2 is 1.80 bits per heavy atom. The van der Waals surface area contributed by atoms with Gasteiger partial charge < -0.3 is 5.32 Å². The van der Waals surface area contributed by atoms with Gasteiger partial charge in [0.25, 0.3) is 5.56 Å². The maximum absolute atomic E-state index is 12.8. The van der Waals surface area contributed by atoms with Gasteiger partial charge in [-0.15, -0.1) is 0 Å². The lowest BCUT2D eigenvalue weighted by Crippen LogP contribution is -2.28. The van der Waals surface area contributed by atoms with Crippen LogP contribution in [0.15, 0.2) is 64.3 Å². The number of rotatable bonds is 5. The largest absolute Gasteiger partial charge is 0.325 e. The summed E-state index contributed by atoms with van der Waals surface area (Å²) in [4.78, 5) is 25.1. The van der Waals surface area contributed by atoms with E-state index in [1.165, 1.54) is 21.0 Å². The molecular weight excluding hydrogens is 402 g/mol. The third-order valence-electron chi connectivity index (χ3n) is 5.27. The molecule has 1 N–H and O–H groups in total. The lowest BCUT2D eigenvalue weighted by Gasteiger charge is -2.16. The van der Waals surface area contributed by atoms with E-state index >= 15 is 0 Å². The van der Waals surface area contributed by atoms with Crippen LogP contribution in [0.4, 0.5) is 5.69 Å². The van der Waals surface area contributed by atoms with Crippen molar-refractivity contribution in [3.63, 3.8) is 0 Å². The first kappa shape index (κ1) is 20.3. The second-order valence-corrected chi connectivity index (χ2v) is 9.45. The van der Waals surface area contributed by atoms with Crippen molar-refractivity contribution in [2.45, 2.75) is 31.2 Å². The summed E-state index contributed by atoms with van der Waals surface area (Å²) in [6, 6.07) is 15.0. The predicted octanol–water partition coefficient (Wildman–Crippen LogP) is 2.73. The van der Waals surface area contributed by atoms with Crippen molar-refractivity contribution in [1.82, 2.24) is 8.87 Å². The van der Waals surface area contributed by atoms with Crippen molar-refractivity contribution in [2.24, 2.45) is 0 Å². The second-order valence-electron chi connectivity index (χ2n) is 7.51. The molecule has 2 aromatic carbocycles. The number of nitrogens with one attached hydrogen (secondary N) is 1. The molecule has 3 aromatic rings. The molecule has 2 heterocycles. The number of carbonyl (C=O) groups is 1. The Morgan fingerprint density at radius 1 is 1.03 bits per heavy atom. The lowest BCUT2D eigenvalue weighted by atomic mass is 10.2. The van der Waals surface area contributed by atoms with E-state index in [1.54, 1.807) is 24.3 Å². The van der Waals surface area contributed by atoms with Crippen LogP contribution in [0.2, 0.25) is 0 Å². The second kappa shape index (κ2) is 8.04. The number of pyridine rings is 1. The minimum Gasteiger partial charge on any atom is -0.325 e. The number of anilines is 1. The molecule has 0 radical (unpaired) electrons. The fourth-order valence-corrected chi connectivity index (χ4v) is 5.30. The molecule has 0 saturated carbocycles. The number of fused-ring (bicyclic) bond motifs is 1. The molecule has 0 aliphatic carbocycles. The molecule has 30 heavy (non-hydrogen) atoms. The molecule has 8 heteroatoms. The minimum absolute atomic E-state index is 0.164. The number of carbonyl (C=O) groups excluding carboxylic acids is 1. The smallest absolute Gasteiger partial charge is 0.251 e. The number of amides is 1. The highest BCUT2D eigenvalue weighted by Crippen LogP contribution is 2.24. The van der Waals surface area contributed by atoms with Crippen molar-refractivity contribution in [3.05, 3.63) is 70.5 Å². The summed E-state index contributed by atoms with van der Waals surface area (Å²) in [5, 5.41) is 3.39. The fourth-order valence-electron chi connectivity index (χ4n) is 3.75. The summed E-state index contributed by atoms with van der Waals surface area (Å²) in [5.74, 6) is -0.330. The maximum atomic E-state index is 12.8. The molecule has 1 aromatic heterocycles. The summed E-state index contributed by atoms with van der Waals surface area (Å²) < 4.78 is 28.5. The third-order valence-corrected chi connectivity index (χ3v) is 7.16. The van der Waals surface area contributed by atoms with Crippen LogP contribution < -0.4 is 10.9 Å². The molecule has 1 amide bonds. The minimum atomic E-state index is -3.55. The quantitative estimate of drug-likeness (QED) is 0.681. The number of sulfonamides is 1. The summed E-state index contributed by atoms with van der Waals surface area (Å²) in [6.45, 7) is 2.82. The van der Waals surface area contributed by atoms with Gasteiger partial charge in [-0.05, 0) is 67.1 Å². The SMILES string of the molecule is Cc1cccc(NC(=O)Cn2c(=O)ccc3cc(S(=O)(=O)N4CCCC4)ccc32)c1. The number of hydrogen-bond donors (Lipinski definition) is 1. The van der Waals surface area contributed by atoms with Crippen LogP contribution in [0, 0.1) is 6.92 Å². The van der Waals surface area contributed by atoms with Gasteiger partial charge in [0.05, 0.1) is 10.4 Å². The van der Waals surface area contributed by atoms with E-state index in [0.717, 1.165) is 18.4 Å². The monoisotopic (exact) mass is 425 g/mol. The normalized spacial score (nSPS) is 14.8. The lowest BCUT2D eigenvalue weighted by molar-refractivity contribution is -0.116. The van der Waals surface area contributed by atoms with Crippen molar-refractivity contribution >= 4 is 32.5 Å². The highest BCUT2D eigenvalue weighted by molar-refractivity contribution is 7.89. The van der Waals surface area contributed by atoms with E-state index in [9.17, 15) is 18.0 Å². The van der Waals surface area contributed by atoms with Crippen molar-refractivity contribution in [2.75, 3.05) is 18.4 Å². The van der Waals surface area contributed by atoms with Gasteiger partial charge >= 0.3 is 0 Å². The van der Waals surface area contributed by atoms with Gasteiger partial charge in [-0.2, -0.15) is 4.31 Å². The highest BCUT2D eigenvalue weighted by atomic mass is 32.2. The van der Waals surface area contributed by atoms with Gasteiger partial charge in [0.15, 0.2) is 0 Å². The van der Waals surface area contributed by atoms with Crippen molar-refractivity contribution < 1.29 is 13.2 Å². The van der Waals surface area contributed by atoms with Crippen LogP contribution in [0.1, 0.15) is 18.4 Å². The zero-order valence-electron chi connectivity index (χ0n) is 16.7. The molecule has 1 aliphatic rings. The molecule has 0 bridgehead atoms. The number of benzene rings is 2. The molecule has 7 nitrogen and oxygen atoms in total. The van der Waals surface area contributed by atoms with E-state index in [0.29, 0.717) is 29.7 Å². The average molecular weight is 426 g/mol. The number of hydrogen-bond acceptors (Lipinski definition) is 4. The van der Waals surface area contributed by atoms with Gasteiger partial charge in [0.2, 0.25) is 15.9 Å². The van der Waals surface area contributed by atoms with Crippen LogP contribution in [0.25, 0.3) is 10.9 Å². The van der Waals surface area contributed by atoms with Crippen LogP contribution in [-0.2, 0) is 21.4 Å². The first-order valence-electron chi connectivity index (χ1n) is 9.85. The Bertz CT molecular complexity index is 1280. The summed E-state index contributed by atoms with van der Waals surface area (Å²) in [6.07, 6.45) is 1.73. The summed E-state index contributed by atoms with van der Waals surface area (Å²) in [5.41, 5.74) is 1.87. The predicted molar refractivity (Wildman–Crippen MR) is 116 cm³/mol. The van der Waals surface area contributed by atoms with Crippen LogP contribution in [0.5, 0.6) is 0 Å². The van der Waals surface area contributed by atoms with E-state index in [-0.39, 0.29) is 22.9 Å². The first-order valence-corrected chi connectivity index (χ1v) is 11.3. The molecule has 0 spiro atoms. The van der Waals surface area contributed by atoms with Gasteiger partial charge in [-0.1, -0.05) is 12.1 Å². The summed E-state index contributed by atoms with van der Waals surface area (Å²) in [7, 11) is -3.55. The van der Waals surface area contributed by atoms with E-state index < -0.39 is 10.0 Å². The number of aromatic nitrogens is 1. The summed E-state index contributed by atoms with van der Waals surface area (Å²) >= 11 is 0. The van der Waals surface area contributed by atoms with Crippen LogP contribution in [-0.4, -0.2) is 36.3 Å². The molecule has 4 rings (SSSR count). The third kappa shape index (κ3) is 4.01. The van der Waals surface area contributed by atoms with Crippen LogP contribution in [0.3, 0.4) is 0 Å². The molecule has 0 atom stereocenters. The topological polar surface area (TPSA) is 88.5 Å². The van der Waals surface area contributed by atoms with E-state index in [4.69, 9.17) is 0 Å². The Kier molecular flexibility index (Phi) is 5.44. The Morgan fingerprint density at radius 3 is 2.53 bits per heavy atom. The van der Waals surface area contributed by atoms with Crippen molar-refractivity contribution in [3.8, 4) is 0 Å². The zero-order chi connectivity index (χ0) is 21.3. The molecule has 1 saturated heterocycles. The molecule has 0 unspecified atom stereocenters. The van der Waals surface area contributed by atoms with Crippen molar-refractivity contribution in [1.29, 1.82) is 0 Å². The Balaban J connectivity index is 1.64. The van der Waals surface area contributed by atoms with E-state index in [1.807, 2.05) is 25.1 Å². The van der Waals surface area contributed by atoms with E-state index in [2.05, 4.69) is 5.32 Å². The number of aryl methyl sites for hydroxylation is 1. The van der Waals surface area contributed by atoms with Gasteiger partial charge in [-0.25, -0.2) is 8.42 Å². The first-order chi connectivity index (χ1) is 14.3. The Hall–Kier alpha value is -2.97. The molecule has 1 fully saturated rings. The molecular formula is C22H23N3O4S. The van der Waals surface area contributed by atoms with Gasteiger partial charge in [-0.3, -0.25) is 14.2 Å². The fraction of sp³-hybridized carbons (Fsp3) is 0.273. The maximum Gasteiger partial charge on any atom is 0.251 e. The zero-order valence-corrected chi connectivity index (χ0v) is 17.5. The standard InChI is InChI=1S/C22H23N3O4S/c1-16-5-4-6-18(13-16)23-21(26)15-25-20-9-8-19(14-17(20)7-10-22(25)27)30(28,29)24-11-2-3-12-24/h4-10,13-14H,2-3,11-12,15H2,1H3,(H,23,26). The van der Waals surface area contributed by atoms with Gasteiger partial charge in [0, 0.05) is 24.8 Å². The van der Waals surface area contributed by atoms with Crippen LogP contribution >= 0.6 is 0 Å². The molecule has 1 aliphatic heterocycles. The average Bonchev–Trinajstić information content (AvgIpc) is 3.25. The molecule has 156 valence electrons. The van der Waals surface area contributed by atoms with Gasteiger partial charge in [0.1, 0.15) is 6.54 Å². The number of nitrogens with zero attached hydrogens (tertiary/aromatic N) is 2. The Labute approximate surface area is 175 Å². The highest BCUT2D eigenvalue weighted by Gasteiger charge is 2.27.